The summed E-state index contributed by atoms with van der Waals surface area (Å²) in [5.74, 6) is 0. The van der Waals surface area contributed by atoms with Gasteiger partial charge in [-0.2, -0.15) is 0 Å². The molecule has 2 atom stereocenters. The Labute approximate surface area is 352 Å². The number of allylic oxidation sites excluding steroid dienone is 6. The second-order valence-electron chi connectivity index (χ2n) is 14.7. The van der Waals surface area contributed by atoms with Gasteiger partial charge in [-0.3, -0.25) is 9.34 Å². The Balaban J connectivity index is 1.63. The molecule has 8 rings (SSSR count). The summed E-state index contributed by atoms with van der Waals surface area (Å²) in [5.41, 5.74) is 9.49. The van der Waals surface area contributed by atoms with Crippen LogP contribution in [-0.2, 0) is 4.31 Å². The quantitative estimate of drug-likeness (QED) is 0.102. The monoisotopic (exact) mass is 808 g/mol. The summed E-state index contributed by atoms with van der Waals surface area (Å²) in [6.07, 6.45) is 9.85. The van der Waals surface area contributed by atoms with Crippen molar-refractivity contribution in [3.8, 4) is 0 Å². The average Bonchev–Trinajstić information content (AvgIpc) is 3.31. The van der Waals surface area contributed by atoms with Gasteiger partial charge in [0.05, 0.1) is 0 Å². The van der Waals surface area contributed by atoms with E-state index in [0.717, 1.165) is 26.2 Å². The summed E-state index contributed by atoms with van der Waals surface area (Å²) in [5, 5.41) is 4.97. The second kappa shape index (κ2) is 18.4. The first-order valence-corrected chi connectivity index (χ1v) is 24.3. The molecule has 3 nitrogen and oxygen atoms in total. The summed E-state index contributed by atoms with van der Waals surface area (Å²) in [6, 6.07) is 65.9. The zero-order chi connectivity index (χ0) is 40.7. The van der Waals surface area contributed by atoms with Gasteiger partial charge in [0, 0.05) is 47.4 Å². The maximum Gasteiger partial charge on any atom is 0.113 e. The molecule has 5 heteroatoms. The highest BCUT2D eigenvalue weighted by Crippen LogP contribution is 2.81. The van der Waals surface area contributed by atoms with Crippen LogP contribution in [0.5, 0.6) is 0 Å². The minimum atomic E-state index is -2.99. The third kappa shape index (κ3) is 7.71. The normalized spacial score (nSPS) is 19.3. The van der Waals surface area contributed by atoms with E-state index in [-0.39, 0.29) is 0 Å². The van der Waals surface area contributed by atoms with Crippen molar-refractivity contribution in [3.63, 3.8) is 0 Å². The van der Waals surface area contributed by atoms with Crippen molar-refractivity contribution in [3.05, 3.63) is 240 Å². The van der Waals surface area contributed by atoms with E-state index in [0.29, 0.717) is 0 Å². The van der Waals surface area contributed by atoms with Crippen molar-refractivity contribution >= 4 is 46.9 Å². The van der Waals surface area contributed by atoms with Crippen LogP contribution < -0.4 is 0 Å². The molecule has 296 valence electrons. The highest BCUT2D eigenvalue weighted by Gasteiger charge is 2.47. The Morgan fingerprint density at radius 2 is 0.576 bits per heavy atom. The van der Waals surface area contributed by atoms with Crippen LogP contribution in [0.1, 0.15) is 61.1 Å². The number of nitrogens with zero attached hydrogens (tertiary/aromatic N) is 2. The van der Waals surface area contributed by atoms with Crippen molar-refractivity contribution in [2.45, 2.75) is 27.7 Å². The van der Waals surface area contributed by atoms with Gasteiger partial charge in [-0.15, -0.1) is 0 Å². The largest absolute Gasteiger partial charge is 0.303 e. The van der Waals surface area contributed by atoms with E-state index < -0.39 is 14.5 Å². The molecule has 0 saturated carbocycles. The zero-order valence-corrected chi connectivity index (χ0v) is 36.4. The van der Waals surface area contributed by atoms with E-state index in [1.54, 1.807) is 0 Å². The van der Waals surface area contributed by atoms with E-state index >= 15 is 0 Å². The van der Waals surface area contributed by atoms with E-state index in [9.17, 15) is 0 Å². The van der Waals surface area contributed by atoms with E-state index in [1.165, 1.54) is 65.7 Å². The molecule has 59 heavy (non-hydrogen) atoms. The van der Waals surface area contributed by atoms with Gasteiger partial charge in [0.1, 0.15) is 14.5 Å². The molecule has 2 aliphatic rings. The minimum absolute atomic E-state index is 0.813. The van der Waals surface area contributed by atoms with Gasteiger partial charge in [-0.05, 0) is 68.8 Å². The predicted molar refractivity (Wildman–Crippen MR) is 260 cm³/mol. The molecule has 2 aliphatic heterocycles. The minimum Gasteiger partial charge on any atom is -0.303 e. The smallest absolute Gasteiger partial charge is 0.113 e. The number of hydrogen-bond acceptors (Lipinski definition) is 3. The average molecular weight is 809 g/mol. The van der Waals surface area contributed by atoms with Gasteiger partial charge < -0.3 is 4.31 Å². The van der Waals surface area contributed by atoms with Crippen LogP contribution >= 0.6 is 14.5 Å². The summed E-state index contributed by atoms with van der Waals surface area (Å²) >= 11 is 0. The molecular weight excluding hydrogens is 755 g/mol. The third-order valence-electron chi connectivity index (χ3n) is 11.5. The summed E-state index contributed by atoms with van der Waals surface area (Å²) < 4.78 is 14.4. The van der Waals surface area contributed by atoms with Crippen molar-refractivity contribution in [2.75, 3.05) is 26.2 Å². The van der Waals surface area contributed by atoms with Crippen LogP contribution in [0.15, 0.2) is 206 Å². The van der Waals surface area contributed by atoms with Crippen molar-refractivity contribution in [1.29, 1.82) is 0 Å². The number of rotatable bonds is 14. The molecule has 0 bridgehead atoms. The Morgan fingerprint density at radius 3 is 0.847 bits per heavy atom. The van der Waals surface area contributed by atoms with Gasteiger partial charge in [0.25, 0.3) is 0 Å². The Kier molecular flexibility index (Phi) is 12.6. The molecule has 0 radical (unpaired) electrons. The molecule has 0 aliphatic carbocycles. The molecule has 2 unspecified atom stereocenters. The van der Waals surface area contributed by atoms with Crippen molar-refractivity contribution in [2.24, 2.45) is 0 Å². The molecule has 6 aromatic rings. The van der Waals surface area contributed by atoms with E-state index in [2.05, 4.69) is 243 Å². The third-order valence-corrected chi connectivity index (χ3v) is 20.2. The number of benzene rings is 6. The maximum atomic E-state index is 9.01. The summed E-state index contributed by atoms with van der Waals surface area (Å²) in [6.45, 7) is 12.5. The van der Waals surface area contributed by atoms with Crippen LogP contribution in [0.3, 0.4) is 0 Å². The van der Waals surface area contributed by atoms with E-state index in [1.807, 2.05) is 0 Å². The Hall–Kier alpha value is -5.24. The highest BCUT2D eigenvalue weighted by molar-refractivity contribution is 7.91. The standard InChI is InChI=1S/C54H54N2OP2/c1-5-55(6-2)58(51(45-31-19-11-20-32-45)39-49(43-27-15-9-16-28-43)40-52(58)46-33-21-12-22-34-46)57-59(56(7-3)8-4)53(47-35-23-13-24-36-47)41-50(44-29-17-10-18-30-44)42-54(59)48-37-25-14-26-38-48/h9-42H,5-8H2,1-4H3. The molecule has 0 saturated heterocycles. The van der Waals surface area contributed by atoms with Crippen LogP contribution in [0.25, 0.3) is 21.8 Å². The van der Waals surface area contributed by atoms with Crippen LogP contribution in [-0.4, -0.2) is 46.1 Å². The predicted octanol–water partition coefficient (Wildman–Crippen LogP) is 14.1. The van der Waals surface area contributed by atoms with Gasteiger partial charge >= 0.3 is 0 Å². The van der Waals surface area contributed by atoms with Crippen LogP contribution in [0, 0.1) is 0 Å². The van der Waals surface area contributed by atoms with Gasteiger partial charge in [0.2, 0.25) is 0 Å². The summed E-state index contributed by atoms with van der Waals surface area (Å²) in [7, 11) is -5.98. The first-order chi connectivity index (χ1) is 29.1. The Bertz CT molecular complexity index is 2410. The number of hydrogen-bond donors (Lipinski definition) is 0. The van der Waals surface area contributed by atoms with Gasteiger partial charge in [-0.25, -0.2) is 0 Å². The lowest BCUT2D eigenvalue weighted by Crippen LogP contribution is -2.32. The second-order valence-corrected chi connectivity index (χ2v) is 20.8. The molecular formula is C54H54N2OP2. The zero-order valence-electron chi connectivity index (χ0n) is 34.7. The lowest BCUT2D eigenvalue weighted by atomic mass is 10.0. The fraction of sp³-hybridized carbons (Fsp3) is 0.148. The fourth-order valence-electron chi connectivity index (χ4n) is 8.65. The van der Waals surface area contributed by atoms with Crippen molar-refractivity contribution < 1.29 is 4.31 Å². The van der Waals surface area contributed by atoms with Crippen LogP contribution in [0.2, 0.25) is 0 Å². The summed E-state index contributed by atoms with van der Waals surface area (Å²) in [4.78, 5) is 0. The van der Waals surface area contributed by atoms with Gasteiger partial charge in [-0.1, -0.05) is 210 Å². The Morgan fingerprint density at radius 1 is 0.322 bits per heavy atom. The highest BCUT2D eigenvalue weighted by atomic mass is 31.2. The lowest BCUT2D eigenvalue weighted by Gasteiger charge is -2.51. The molecule has 0 spiro atoms. The lowest BCUT2D eigenvalue weighted by molar-refractivity contribution is 0.427. The molecule has 6 aromatic carbocycles. The maximum absolute atomic E-state index is 9.01. The van der Waals surface area contributed by atoms with Crippen LogP contribution in [0.4, 0.5) is 0 Å². The first kappa shape index (κ1) is 40.5. The SMILES string of the molecule is CCN(CC)P1(OP2(N(CC)CC)=C(c3ccccc3)C=C(c3ccccc3)C=C2c2ccccc2)=C(c2ccccc2)C=C(c2ccccc2)C=C1c1ccccc1. The van der Waals surface area contributed by atoms with E-state index in [4.69, 9.17) is 4.31 Å². The molecule has 2 heterocycles. The van der Waals surface area contributed by atoms with Gasteiger partial charge in [0.15, 0.2) is 0 Å². The molecule has 0 N–H and O–H groups in total. The van der Waals surface area contributed by atoms with Crippen molar-refractivity contribution in [1.82, 2.24) is 9.34 Å². The topological polar surface area (TPSA) is 15.7 Å². The molecule has 0 fully saturated rings. The molecule has 0 amide bonds. The molecule has 0 aromatic heterocycles. The fourth-order valence-corrected chi connectivity index (χ4v) is 18.8. The first-order valence-electron chi connectivity index (χ1n) is 21.0.